The topological polar surface area (TPSA) is 85.2 Å². The normalized spacial score (nSPS) is 26.2. The average molecular weight is 260 g/mol. The Morgan fingerprint density at radius 3 is 2.63 bits per heavy atom. The number of carbonyl (C=O) groups excluding carboxylic acids is 1. The summed E-state index contributed by atoms with van der Waals surface area (Å²) in [4.78, 5) is 18.0. The number of nitrogen functional groups attached to an aromatic ring is 1. The third-order valence-corrected chi connectivity index (χ3v) is 4.36. The first kappa shape index (κ1) is 12.3. The van der Waals surface area contributed by atoms with Crippen LogP contribution in [0.5, 0.6) is 0 Å². The first-order valence-corrected chi connectivity index (χ1v) is 6.93. The maximum absolute atomic E-state index is 11.3. The molecule has 5 heteroatoms. The number of nitrogens with zero attached hydrogens (tertiary/aromatic N) is 2. The van der Waals surface area contributed by atoms with Gasteiger partial charge in [0.25, 0.3) is 5.91 Å². The molecule has 5 nitrogen and oxygen atoms in total. The van der Waals surface area contributed by atoms with Crippen molar-refractivity contribution in [1.82, 2.24) is 4.98 Å². The highest BCUT2D eigenvalue weighted by Crippen LogP contribution is 2.36. The SMILES string of the molecule is NC(=O)c1cc(N2CC3CCCC(C3)C2)ncc1N. The zero-order valence-electron chi connectivity index (χ0n) is 11.0. The minimum atomic E-state index is -0.488. The number of anilines is 2. The largest absolute Gasteiger partial charge is 0.397 e. The molecule has 1 aliphatic heterocycles. The summed E-state index contributed by atoms with van der Waals surface area (Å²) in [7, 11) is 0. The molecule has 1 saturated heterocycles. The average Bonchev–Trinajstić information content (AvgIpc) is 2.38. The van der Waals surface area contributed by atoms with Gasteiger partial charge in [0.15, 0.2) is 0 Å². The van der Waals surface area contributed by atoms with E-state index in [-0.39, 0.29) is 0 Å². The number of nitrogens with two attached hydrogens (primary N) is 2. The van der Waals surface area contributed by atoms with Crippen LogP contribution in [-0.2, 0) is 0 Å². The molecule has 0 radical (unpaired) electrons. The molecular formula is C14H20N4O. The molecule has 1 aliphatic carbocycles. The molecule has 4 N–H and O–H groups in total. The Morgan fingerprint density at radius 1 is 1.32 bits per heavy atom. The highest BCUT2D eigenvalue weighted by molar-refractivity contribution is 5.98. The number of piperidine rings is 1. The molecular weight excluding hydrogens is 240 g/mol. The molecule has 1 amide bonds. The molecule has 2 atom stereocenters. The second-order valence-corrected chi connectivity index (χ2v) is 5.80. The Kier molecular flexibility index (Phi) is 3.05. The molecule has 2 fully saturated rings. The molecule has 2 aliphatic rings. The van der Waals surface area contributed by atoms with Crippen molar-refractivity contribution in [1.29, 1.82) is 0 Å². The summed E-state index contributed by atoms with van der Waals surface area (Å²) in [6.45, 7) is 2.07. The molecule has 19 heavy (non-hydrogen) atoms. The molecule has 2 unspecified atom stereocenters. The summed E-state index contributed by atoms with van der Waals surface area (Å²) in [6, 6.07) is 1.73. The fourth-order valence-electron chi connectivity index (χ4n) is 3.46. The van der Waals surface area contributed by atoms with Crippen molar-refractivity contribution in [2.24, 2.45) is 17.6 Å². The van der Waals surface area contributed by atoms with Crippen LogP contribution in [0.1, 0.15) is 36.0 Å². The van der Waals surface area contributed by atoms with Gasteiger partial charge in [0, 0.05) is 13.1 Å². The number of aromatic nitrogens is 1. The number of fused-ring (bicyclic) bond motifs is 2. The summed E-state index contributed by atoms with van der Waals surface area (Å²) in [5, 5.41) is 0. The summed E-state index contributed by atoms with van der Waals surface area (Å²) < 4.78 is 0. The Morgan fingerprint density at radius 2 is 2.00 bits per heavy atom. The highest BCUT2D eigenvalue weighted by atomic mass is 16.1. The van der Waals surface area contributed by atoms with E-state index in [0.717, 1.165) is 30.7 Å². The Labute approximate surface area is 113 Å². The van der Waals surface area contributed by atoms with Crippen LogP contribution in [0.2, 0.25) is 0 Å². The molecule has 2 heterocycles. The predicted molar refractivity (Wildman–Crippen MR) is 74.8 cm³/mol. The maximum atomic E-state index is 11.3. The van der Waals surface area contributed by atoms with Crippen LogP contribution in [0.3, 0.4) is 0 Å². The molecule has 1 aromatic rings. The number of amides is 1. The Balaban J connectivity index is 1.86. The second-order valence-electron chi connectivity index (χ2n) is 5.80. The van der Waals surface area contributed by atoms with E-state index in [1.54, 1.807) is 12.3 Å². The summed E-state index contributed by atoms with van der Waals surface area (Å²) in [5.74, 6) is 1.88. The van der Waals surface area contributed by atoms with Crippen molar-refractivity contribution in [3.8, 4) is 0 Å². The first-order chi connectivity index (χ1) is 9.13. The van der Waals surface area contributed by atoms with E-state index < -0.39 is 5.91 Å². The van der Waals surface area contributed by atoms with E-state index in [0.29, 0.717) is 11.3 Å². The lowest BCUT2D eigenvalue weighted by Crippen LogP contribution is -2.43. The van der Waals surface area contributed by atoms with Crippen molar-refractivity contribution in [3.05, 3.63) is 17.8 Å². The fourth-order valence-corrected chi connectivity index (χ4v) is 3.46. The number of hydrogen-bond donors (Lipinski definition) is 2. The molecule has 1 saturated carbocycles. The van der Waals surface area contributed by atoms with Gasteiger partial charge in [-0.25, -0.2) is 4.98 Å². The lowest BCUT2D eigenvalue weighted by atomic mass is 9.78. The van der Waals surface area contributed by atoms with Crippen LogP contribution < -0.4 is 16.4 Å². The lowest BCUT2D eigenvalue weighted by molar-refractivity contribution is 0.100. The molecule has 102 valence electrons. The zero-order valence-corrected chi connectivity index (χ0v) is 11.0. The van der Waals surface area contributed by atoms with Gasteiger partial charge in [-0.2, -0.15) is 0 Å². The quantitative estimate of drug-likeness (QED) is 0.841. The molecule has 3 rings (SSSR count). The van der Waals surface area contributed by atoms with E-state index in [9.17, 15) is 4.79 Å². The van der Waals surface area contributed by atoms with Crippen molar-refractivity contribution in [2.75, 3.05) is 23.7 Å². The monoisotopic (exact) mass is 260 g/mol. The number of primary amides is 1. The standard InChI is InChI=1S/C14H20N4O/c15-12-6-17-13(5-11(12)14(16)19)18-7-9-2-1-3-10(4-9)8-18/h5-6,9-10H,1-4,7-8,15H2,(H2,16,19). The number of pyridine rings is 1. The Bertz CT molecular complexity index is 490. The van der Waals surface area contributed by atoms with Crippen LogP contribution in [0.15, 0.2) is 12.3 Å². The predicted octanol–water partition coefficient (Wildman–Crippen LogP) is 1.39. The van der Waals surface area contributed by atoms with Gasteiger partial charge in [0.05, 0.1) is 17.4 Å². The highest BCUT2D eigenvalue weighted by Gasteiger charge is 2.31. The summed E-state index contributed by atoms with van der Waals surface area (Å²) >= 11 is 0. The van der Waals surface area contributed by atoms with Crippen molar-refractivity contribution >= 4 is 17.4 Å². The van der Waals surface area contributed by atoms with Gasteiger partial charge < -0.3 is 16.4 Å². The van der Waals surface area contributed by atoms with E-state index in [4.69, 9.17) is 11.5 Å². The maximum Gasteiger partial charge on any atom is 0.250 e. The van der Waals surface area contributed by atoms with E-state index in [1.165, 1.54) is 25.7 Å². The third kappa shape index (κ3) is 2.37. The summed E-state index contributed by atoms with van der Waals surface area (Å²) in [6.07, 6.45) is 6.86. The number of carbonyl (C=O) groups is 1. The van der Waals surface area contributed by atoms with Gasteiger partial charge in [-0.15, -0.1) is 0 Å². The van der Waals surface area contributed by atoms with Crippen LogP contribution in [0.4, 0.5) is 11.5 Å². The van der Waals surface area contributed by atoms with Gasteiger partial charge in [0.2, 0.25) is 0 Å². The smallest absolute Gasteiger partial charge is 0.250 e. The number of rotatable bonds is 2. The van der Waals surface area contributed by atoms with Crippen LogP contribution >= 0.6 is 0 Å². The van der Waals surface area contributed by atoms with Crippen molar-refractivity contribution in [3.63, 3.8) is 0 Å². The second kappa shape index (κ2) is 4.72. The van der Waals surface area contributed by atoms with Gasteiger partial charge in [0.1, 0.15) is 5.82 Å². The van der Waals surface area contributed by atoms with Gasteiger partial charge in [-0.3, -0.25) is 4.79 Å². The minimum absolute atomic E-state index is 0.355. The van der Waals surface area contributed by atoms with Crippen molar-refractivity contribution < 1.29 is 4.79 Å². The number of hydrogen-bond acceptors (Lipinski definition) is 4. The molecule has 1 aromatic heterocycles. The van der Waals surface area contributed by atoms with E-state index >= 15 is 0 Å². The molecule has 0 aromatic carbocycles. The molecule has 2 bridgehead atoms. The minimum Gasteiger partial charge on any atom is -0.397 e. The zero-order chi connectivity index (χ0) is 13.4. The van der Waals surface area contributed by atoms with E-state index in [1.807, 2.05) is 0 Å². The van der Waals surface area contributed by atoms with Gasteiger partial charge in [-0.1, -0.05) is 6.42 Å². The molecule has 0 spiro atoms. The van der Waals surface area contributed by atoms with Crippen LogP contribution in [-0.4, -0.2) is 24.0 Å². The van der Waals surface area contributed by atoms with Gasteiger partial charge >= 0.3 is 0 Å². The summed E-state index contributed by atoms with van der Waals surface area (Å²) in [5.41, 5.74) is 11.8. The van der Waals surface area contributed by atoms with Crippen molar-refractivity contribution in [2.45, 2.75) is 25.7 Å². The van der Waals surface area contributed by atoms with E-state index in [2.05, 4.69) is 9.88 Å². The fraction of sp³-hybridized carbons (Fsp3) is 0.571. The lowest BCUT2D eigenvalue weighted by Gasteiger charge is -2.42. The third-order valence-electron chi connectivity index (χ3n) is 4.36. The van der Waals surface area contributed by atoms with Crippen LogP contribution in [0, 0.1) is 11.8 Å². The first-order valence-electron chi connectivity index (χ1n) is 6.93. The van der Waals surface area contributed by atoms with Crippen LogP contribution in [0.25, 0.3) is 0 Å². The van der Waals surface area contributed by atoms with Gasteiger partial charge in [-0.05, 0) is 37.2 Å². The Hall–Kier alpha value is -1.78.